The van der Waals surface area contributed by atoms with Crippen LogP contribution >= 0.6 is 0 Å². The Morgan fingerprint density at radius 3 is 2.03 bits per heavy atom. The number of para-hydroxylation sites is 2. The Morgan fingerprint density at radius 2 is 1.52 bits per heavy atom. The molecule has 0 spiro atoms. The molecule has 0 aliphatic carbocycles. The molecule has 0 radical (unpaired) electrons. The van der Waals surface area contributed by atoms with Gasteiger partial charge < -0.3 is 16.8 Å². The molecule has 33 heavy (non-hydrogen) atoms. The van der Waals surface area contributed by atoms with Crippen LogP contribution in [0.2, 0.25) is 0 Å². The summed E-state index contributed by atoms with van der Waals surface area (Å²) < 4.78 is 0.246. The van der Waals surface area contributed by atoms with E-state index in [9.17, 15) is 14.4 Å². The van der Waals surface area contributed by atoms with E-state index in [0.717, 1.165) is 33.6 Å². The maximum absolute atomic E-state index is 12.9. The first-order valence-electron chi connectivity index (χ1n) is 11.1. The monoisotopic (exact) mass is 452 g/mol. The molecule has 0 bridgehead atoms. The fourth-order valence-corrected chi connectivity index (χ4v) is 5.13. The van der Waals surface area contributed by atoms with Crippen molar-refractivity contribution in [3.05, 3.63) is 58.7 Å². The van der Waals surface area contributed by atoms with Gasteiger partial charge in [0.15, 0.2) is 6.54 Å². The second kappa shape index (κ2) is 9.72. The Labute approximate surface area is 195 Å². The third kappa shape index (κ3) is 5.23. The molecule has 1 aliphatic heterocycles. The van der Waals surface area contributed by atoms with E-state index in [1.165, 1.54) is 0 Å². The number of hydrogen-bond donors (Lipinski definition) is 3. The van der Waals surface area contributed by atoms with Crippen LogP contribution in [0.4, 0.5) is 11.4 Å². The number of anilines is 1. The molecule has 1 aliphatic rings. The van der Waals surface area contributed by atoms with Crippen LogP contribution in [0.25, 0.3) is 0 Å². The predicted molar refractivity (Wildman–Crippen MR) is 131 cm³/mol. The zero-order chi connectivity index (χ0) is 24.3. The van der Waals surface area contributed by atoms with Crippen molar-refractivity contribution in [2.45, 2.75) is 33.7 Å². The topological polar surface area (TPSA) is 119 Å². The van der Waals surface area contributed by atoms with Gasteiger partial charge in [0.25, 0.3) is 5.91 Å². The number of primary amides is 2. The van der Waals surface area contributed by atoms with Gasteiger partial charge in [0.2, 0.25) is 11.8 Å². The number of nitrogens with zero attached hydrogens (tertiary/aromatic N) is 2. The molecular formula is C25H34N5O3+. The van der Waals surface area contributed by atoms with Gasteiger partial charge in [0, 0.05) is 23.4 Å². The van der Waals surface area contributed by atoms with Crippen LogP contribution in [-0.4, -0.2) is 61.4 Å². The third-order valence-electron chi connectivity index (χ3n) is 6.57. The molecule has 2 unspecified atom stereocenters. The number of amides is 3. The predicted octanol–water partition coefficient (Wildman–Crippen LogP) is 1.52. The molecule has 2 aromatic rings. The molecular weight excluding hydrogens is 418 g/mol. The van der Waals surface area contributed by atoms with Gasteiger partial charge in [-0.1, -0.05) is 36.4 Å². The zero-order valence-electron chi connectivity index (χ0n) is 19.9. The van der Waals surface area contributed by atoms with E-state index in [1.807, 2.05) is 64.1 Å². The number of nitrogens with two attached hydrogens (primary N) is 2. The molecule has 0 aromatic heterocycles. The Morgan fingerprint density at radius 1 is 0.970 bits per heavy atom. The lowest BCUT2D eigenvalue weighted by atomic mass is 10.00. The Bertz CT molecular complexity index is 1040. The molecule has 2 aromatic carbocycles. The SMILES string of the molecule is Cc1cccc(C)c1NC(=O)CN1CC[N+](CC(N)=O)(c2c(C)cccc2C)CC1C(N)=O. The van der Waals surface area contributed by atoms with E-state index < -0.39 is 17.9 Å². The maximum atomic E-state index is 12.9. The second-order valence-electron chi connectivity index (χ2n) is 9.12. The number of hydrogen-bond acceptors (Lipinski definition) is 4. The van der Waals surface area contributed by atoms with Crippen molar-refractivity contribution in [2.75, 3.05) is 38.0 Å². The van der Waals surface area contributed by atoms with Crippen LogP contribution < -0.4 is 21.3 Å². The summed E-state index contributed by atoms with van der Waals surface area (Å²) in [7, 11) is 0. The van der Waals surface area contributed by atoms with Crippen molar-refractivity contribution in [3.63, 3.8) is 0 Å². The standard InChI is InChI=1S/C25H33N5O3/c1-16-7-5-8-17(2)23(16)28-22(32)13-29-11-12-30(15-21(26)31,14-20(29)25(27)33)24-18(3)9-6-10-19(24)4/h5-10,20H,11-15H2,1-4H3,(H4-,26,27,28,31,32,33)/p+1. The van der Waals surface area contributed by atoms with E-state index in [4.69, 9.17) is 11.5 Å². The van der Waals surface area contributed by atoms with E-state index in [0.29, 0.717) is 13.1 Å². The minimum atomic E-state index is -0.708. The lowest BCUT2D eigenvalue weighted by Gasteiger charge is -2.47. The van der Waals surface area contributed by atoms with E-state index >= 15 is 0 Å². The molecule has 3 rings (SSSR count). The number of rotatable bonds is 7. The largest absolute Gasteiger partial charge is 0.368 e. The molecule has 3 amide bonds. The van der Waals surface area contributed by atoms with Crippen molar-refractivity contribution in [1.82, 2.24) is 9.38 Å². The van der Waals surface area contributed by atoms with E-state index in [-0.39, 0.29) is 30.0 Å². The first-order chi connectivity index (χ1) is 15.5. The second-order valence-corrected chi connectivity index (χ2v) is 9.12. The van der Waals surface area contributed by atoms with Gasteiger partial charge in [0.05, 0.1) is 13.1 Å². The summed E-state index contributed by atoms with van der Waals surface area (Å²) in [5.74, 6) is -1.17. The molecule has 8 nitrogen and oxygen atoms in total. The van der Waals surface area contributed by atoms with Gasteiger partial charge in [-0.05, 0) is 38.8 Å². The van der Waals surface area contributed by atoms with Crippen LogP contribution in [-0.2, 0) is 14.4 Å². The van der Waals surface area contributed by atoms with Crippen molar-refractivity contribution < 1.29 is 14.4 Å². The average Bonchev–Trinajstić information content (AvgIpc) is 2.71. The summed E-state index contributed by atoms with van der Waals surface area (Å²) in [6, 6.07) is 11.1. The molecule has 0 saturated carbocycles. The first-order valence-corrected chi connectivity index (χ1v) is 11.1. The number of benzene rings is 2. The van der Waals surface area contributed by atoms with Crippen LogP contribution in [0.3, 0.4) is 0 Å². The van der Waals surface area contributed by atoms with Crippen molar-refractivity contribution in [2.24, 2.45) is 11.5 Å². The van der Waals surface area contributed by atoms with Crippen LogP contribution in [0.15, 0.2) is 36.4 Å². The quantitative estimate of drug-likeness (QED) is 0.552. The van der Waals surface area contributed by atoms with Crippen LogP contribution in [0.5, 0.6) is 0 Å². The summed E-state index contributed by atoms with van der Waals surface area (Å²) in [5, 5.41) is 2.98. The highest BCUT2D eigenvalue weighted by atomic mass is 16.2. The van der Waals surface area contributed by atoms with Crippen molar-refractivity contribution >= 4 is 29.1 Å². The summed E-state index contributed by atoms with van der Waals surface area (Å²) >= 11 is 0. The van der Waals surface area contributed by atoms with Crippen LogP contribution in [0, 0.1) is 27.7 Å². The van der Waals surface area contributed by atoms with Gasteiger partial charge in [-0.3, -0.25) is 23.8 Å². The normalized spacial score (nSPS) is 20.9. The Hall–Kier alpha value is -3.23. The Balaban J connectivity index is 1.87. The highest BCUT2D eigenvalue weighted by Gasteiger charge is 2.46. The summed E-state index contributed by atoms with van der Waals surface area (Å²) in [6.45, 7) is 9.21. The van der Waals surface area contributed by atoms with Crippen LogP contribution in [0.1, 0.15) is 22.3 Å². The molecule has 2 atom stereocenters. The number of quaternary nitrogens is 1. The van der Waals surface area contributed by atoms with Crippen molar-refractivity contribution in [1.29, 1.82) is 0 Å². The smallest absolute Gasteiger partial charge is 0.273 e. The summed E-state index contributed by atoms with van der Waals surface area (Å²) in [4.78, 5) is 39.3. The average molecular weight is 453 g/mol. The Kier molecular flexibility index (Phi) is 7.19. The number of carbonyl (C=O) groups excluding carboxylic acids is 3. The fraction of sp³-hybridized carbons (Fsp3) is 0.400. The van der Waals surface area contributed by atoms with Gasteiger partial charge in [-0.2, -0.15) is 0 Å². The highest BCUT2D eigenvalue weighted by molar-refractivity contribution is 5.94. The molecule has 1 heterocycles. The molecule has 1 saturated heterocycles. The lowest BCUT2D eigenvalue weighted by Crippen LogP contribution is -2.70. The highest BCUT2D eigenvalue weighted by Crippen LogP contribution is 2.34. The zero-order valence-corrected chi connectivity index (χ0v) is 19.9. The molecule has 1 fully saturated rings. The fourth-order valence-electron chi connectivity index (χ4n) is 5.13. The van der Waals surface area contributed by atoms with Crippen molar-refractivity contribution in [3.8, 4) is 0 Å². The van der Waals surface area contributed by atoms with Gasteiger partial charge in [0.1, 0.15) is 18.3 Å². The molecule has 5 N–H and O–H groups in total. The number of piperazine rings is 1. The lowest BCUT2D eigenvalue weighted by molar-refractivity contribution is -0.129. The van der Waals surface area contributed by atoms with E-state index in [1.54, 1.807) is 4.90 Å². The third-order valence-corrected chi connectivity index (χ3v) is 6.57. The molecule has 176 valence electrons. The number of nitrogens with one attached hydrogen (secondary N) is 1. The minimum Gasteiger partial charge on any atom is -0.368 e. The summed E-state index contributed by atoms with van der Waals surface area (Å²) in [6.07, 6.45) is 0. The summed E-state index contributed by atoms with van der Waals surface area (Å²) in [5.41, 5.74) is 17.2. The van der Waals surface area contributed by atoms with Gasteiger partial charge in [-0.15, -0.1) is 0 Å². The molecule has 8 heteroatoms. The van der Waals surface area contributed by atoms with Gasteiger partial charge >= 0.3 is 0 Å². The van der Waals surface area contributed by atoms with Gasteiger partial charge in [-0.25, -0.2) is 0 Å². The number of aryl methyl sites for hydroxylation is 4. The first kappa shape index (κ1) is 24.4. The minimum absolute atomic E-state index is 0.0324. The maximum Gasteiger partial charge on any atom is 0.273 e. The van der Waals surface area contributed by atoms with E-state index in [2.05, 4.69) is 5.32 Å². The number of carbonyl (C=O) groups is 3.